The van der Waals surface area contributed by atoms with Gasteiger partial charge in [0.15, 0.2) is 5.78 Å². The first-order chi connectivity index (χ1) is 7.58. The summed E-state index contributed by atoms with van der Waals surface area (Å²) in [6.45, 7) is 0. The van der Waals surface area contributed by atoms with Crippen LogP contribution in [0.4, 0.5) is 4.39 Å². The predicted octanol–water partition coefficient (Wildman–Crippen LogP) is 3.03. The van der Waals surface area contributed by atoms with Gasteiger partial charge in [-0.3, -0.25) is 9.59 Å². The first-order valence-electron chi connectivity index (χ1n) is 5.09. The van der Waals surface area contributed by atoms with Gasteiger partial charge in [0.25, 0.3) is 0 Å². The third-order valence-electron chi connectivity index (χ3n) is 2.61. The number of halogens is 2. The third-order valence-corrected chi connectivity index (χ3v) is 2.90. The lowest BCUT2D eigenvalue weighted by Crippen LogP contribution is -2.09. The van der Waals surface area contributed by atoms with E-state index < -0.39 is 5.82 Å². The molecule has 1 fully saturated rings. The smallest absolute Gasteiger partial charge is 0.170 e. The second-order valence-electron chi connectivity index (χ2n) is 3.97. The Labute approximate surface area is 97.4 Å². The topological polar surface area (TPSA) is 34.1 Å². The van der Waals surface area contributed by atoms with Gasteiger partial charge in [0.1, 0.15) is 11.6 Å². The molecule has 0 atom stereocenters. The van der Waals surface area contributed by atoms with E-state index in [1.807, 2.05) is 0 Å². The second kappa shape index (κ2) is 4.34. The lowest BCUT2D eigenvalue weighted by Gasteiger charge is -2.01. The number of benzene rings is 1. The van der Waals surface area contributed by atoms with Crippen molar-refractivity contribution < 1.29 is 14.0 Å². The van der Waals surface area contributed by atoms with Gasteiger partial charge in [0.05, 0.1) is 11.4 Å². The van der Waals surface area contributed by atoms with Crippen molar-refractivity contribution in [2.24, 2.45) is 5.92 Å². The minimum Gasteiger partial charge on any atom is -0.299 e. The van der Waals surface area contributed by atoms with Crippen LogP contribution in [-0.4, -0.2) is 11.6 Å². The van der Waals surface area contributed by atoms with Gasteiger partial charge in [-0.25, -0.2) is 4.39 Å². The molecule has 16 heavy (non-hydrogen) atoms. The van der Waals surface area contributed by atoms with Gasteiger partial charge in [-0.15, -0.1) is 0 Å². The molecule has 1 saturated carbocycles. The van der Waals surface area contributed by atoms with Crippen LogP contribution in [0, 0.1) is 11.7 Å². The Morgan fingerprint density at radius 2 is 2.06 bits per heavy atom. The quantitative estimate of drug-likeness (QED) is 0.599. The minimum atomic E-state index is -0.563. The first kappa shape index (κ1) is 11.3. The number of rotatable bonds is 4. The lowest BCUT2D eigenvalue weighted by molar-refractivity contribution is -0.119. The molecule has 0 unspecified atom stereocenters. The van der Waals surface area contributed by atoms with Crippen molar-refractivity contribution in [1.29, 1.82) is 0 Å². The molecule has 0 heterocycles. The molecule has 2 rings (SSSR count). The number of carbonyl (C=O) groups is 2. The standard InChI is InChI=1S/C12H10ClFO2/c13-9-5-8(3-4-10(9)14)12(16)6-11(15)7-1-2-7/h3-5,7H,1-2,6H2. The molecule has 0 aliphatic heterocycles. The summed E-state index contributed by atoms with van der Waals surface area (Å²) in [7, 11) is 0. The number of ketones is 2. The highest BCUT2D eigenvalue weighted by molar-refractivity contribution is 6.31. The second-order valence-corrected chi connectivity index (χ2v) is 4.38. The zero-order chi connectivity index (χ0) is 11.7. The molecule has 1 aromatic carbocycles. The Bertz CT molecular complexity index is 452. The third kappa shape index (κ3) is 2.47. The molecule has 1 aliphatic rings. The molecule has 4 heteroatoms. The molecule has 1 aliphatic carbocycles. The Hall–Kier alpha value is -1.22. The maximum Gasteiger partial charge on any atom is 0.170 e. The van der Waals surface area contributed by atoms with Crippen molar-refractivity contribution in [2.75, 3.05) is 0 Å². The van der Waals surface area contributed by atoms with E-state index in [2.05, 4.69) is 0 Å². The van der Waals surface area contributed by atoms with Crippen LogP contribution in [0.1, 0.15) is 29.6 Å². The zero-order valence-electron chi connectivity index (χ0n) is 8.50. The summed E-state index contributed by atoms with van der Waals surface area (Å²) < 4.78 is 12.9. The van der Waals surface area contributed by atoms with Crippen LogP contribution in [0.3, 0.4) is 0 Å². The zero-order valence-corrected chi connectivity index (χ0v) is 9.26. The average Bonchev–Trinajstić information content (AvgIpc) is 3.05. The molecule has 0 amide bonds. The van der Waals surface area contributed by atoms with Crippen LogP contribution in [0.25, 0.3) is 0 Å². The number of hydrogen-bond donors (Lipinski definition) is 0. The molecule has 84 valence electrons. The highest BCUT2D eigenvalue weighted by Gasteiger charge is 2.30. The maximum atomic E-state index is 12.9. The van der Waals surface area contributed by atoms with E-state index in [1.54, 1.807) is 0 Å². The summed E-state index contributed by atoms with van der Waals surface area (Å²) in [5, 5.41) is -0.0929. The molecular weight excluding hydrogens is 231 g/mol. The summed E-state index contributed by atoms with van der Waals surface area (Å²) >= 11 is 5.56. The Balaban J connectivity index is 2.08. The van der Waals surface area contributed by atoms with Crippen molar-refractivity contribution >= 4 is 23.2 Å². The van der Waals surface area contributed by atoms with E-state index in [4.69, 9.17) is 11.6 Å². The SMILES string of the molecule is O=C(CC(=O)C1CC1)c1ccc(F)c(Cl)c1. The maximum absolute atomic E-state index is 12.9. The molecule has 0 N–H and O–H groups in total. The van der Waals surface area contributed by atoms with Gasteiger partial charge < -0.3 is 0 Å². The average molecular weight is 241 g/mol. The van der Waals surface area contributed by atoms with E-state index >= 15 is 0 Å². The summed E-state index contributed by atoms with van der Waals surface area (Å²) in [5.74, 6) is -0.809. The van der Waals surface area contributed by atoms with Gasteiger partial charge in [0.2, 0.25) is 0 Å². The summed E-state index contributed by atoms with van der Waals surface area (Å²) in [5.41, 5.74) is 0.292. The lowest BCUT2D eigenvalue weighted by atomic mass is 10.0. The van der Waals surface area contributed by atoms with Crippen LogP contribution in [0.15, 0.2) is 18.2 Å². The molecule has 0 bridgehead atoms. The molecular formula is C12H10ClFO2. The van der Waals surface area contributed by atoms with Gasteiger partial charge >= 0.3 is 0 Å². The number of carbonyl (C=O) groups excluding carboxylic acids is 2. The molecule has 0 aromatic heterocycles. The van der Waals surface area contributed by atoms with Crippen molar-refractivity contribution in [3.8, 4) is 0 Å². The van der Waals surface area contributed by atoms with Crippen molar-refractivity contribution in [3.63, 3.8) is 0 Å². The van der Waals surface area contributed by atoms with Crippen molar-refractivity contribution in [2.45, 2.75) is 19.3 Å². The summed E-state index contributed by atoms with van der Waals surface area (Å²) in [6, 6.07) is 3.75. The van der Waals surface area contributed by atoms with E-state index in [0.717, 1.165) is 18.9 Å². The van der Waals surface area contributed by atoms with E-state index in [9.17, 15) is 14.0 Å². The Morgan fingerprint density at radius 3 is 2.62 bits per heavy atom. The van der Waals surface area contributed by atoms with Gasteiger partial charge in [0, 0.05) is 11.5 Å². The van der Waals surface area contributed by atoms with Gasteiger partial charge in [-0.1, -0.05) is 11.6 Å². The van der Waals surface area contributed by atoms with Crippen molar-refractivity contribution in [1.82, 2.24) is 0 Å². The molecule has 0 spiro atoms. The molecule has 2 nitrogen and oxygen atoms in total. The number of hydrogen-bond acceptors (Lipinski definition) is 2. The van der Waals surface area contributed by atoms with Crippen LogP contribution in [0.2, 0.25) is 5.02 Å². The Morgan fingerprint density at radius 1 is 1.38 bits per heavy atom. The highest BCUT2D eigenvalue weighted by atomic mass is 35.5. The Kier molecular flexibility index (Phi) is 3.06. The summed E-state index contributed by atoms with van der Waals surface area (Å²) in [6.07, 6.45) is 1.67. The fourth-order valence-electron chi connectivity index (χ4n) is 1.48. The van der Waals surface area contributed by atoms with Gasteiger partial charge in [-0.2, -0.15) is 0 Å². The van der Waals surface area contributed by atoms with Crippen LogP contribution in [0.5, 0.6) is 0 Å². The molecule has 1 aromatic rings. The van der Waals surface area contributed by atoms with Crippen molar-refractivity contribution in [3.05, 3.63) is 34.6 Å². The van der Waals surface area contributed by atoms with Crippen LogP contribution >= 0.6 is 11.6 Å². The molecule has 0 saturated heterocycles. The van der Waals surface area contributed by atoms with E-state index in [-0.39, 0.29) is 28.9 Å². The minimum absolute atomic E-state index is 0.0227. The predicted molar refractivity (Wildman–Crippen MR) is 58.1 cm³/mol. The monoisotopic (exact) mass is 240 g/mol. The van der Waals surface area contributed by atoms with Gasteiger partial charge in [-0.05, 0) is 31.0 Å². The van der Waals surface area contributed by atoms with E-state index in [0.29, 0.717) is 5.56 Å². The van der Waals surface area contributed by atoms with E-state index in [1.165, 1.54) is 12.1 Å². The first-order valence-corrected chi connectivity index (χ1v) is 5.46. The van der Waals surface area contributed by atoms with Crippen LogP contribution < -0.4 is 0 Å². The summed E-state index contributed by atoms with van der Waals surface area (Å²) in [4.78, 5) is 23.1. The normalized spacial score (nSPS) is 14.9. The fourth-order valence-corrected chi connectivity index (χ4v) is 1.66. The largest absolute Gasteiger partial charge is 0.299 e. The van der Waals surface area contributed by atoms with Crippen LogP contribution in [-0.2, 0) is 4.79 Å². The molecule has 0 radical (unpaired) electrons. The number of Topliss-reactive ketones (excluding diaryl/α,β-unsaturated/α-hetero) is 2. The highest BCUT2D eigenvalue weighted by Crippen LogP contribution is 2.31. The fraction of sp³-hybridized carbons (Fsp3) is 0.333.